The second-order valence-electron chi connectivity index (χ2n) is 10.4. The Balaban J connectivity index is 3.22. The summed E-state index contributed by atoms with van der Waals surface area (Å²) < 4.78 is 0. The van der Waals surface area contributed by atoms with Gasteiger partial charge in [-0.05, 0) is 43.7 Å². The quantitative estimate of drug-likeness (QED) is 0.0686. The van der Waals surface area contributed by atoms with Gasteiger partial charge in [-0.1, -0.05) is 26.0 Å². The molecule has 16 nitrogen and oxygen atoms in total. The van der Waals surface area contributed by atoms with Crippen LogP contribution in [0, 0.1) is 5.92 Å². The zero-order chi connectivity index (χ0) is 33.4. The molecule has 0 aromatic heterocycles. The maximum atomic E-state index is 13.2. The first-order chi connectivity index (χ1) is 20.6. The van der Waals surface area contributed by atoms with E-state index in [1.165, 1.54) is 18.2 Å². The summed E-state index contributed by atoms with van der Waals surface area (Å²) in [7, 11) is 0. The zero-order valence-corrected chi connectivity index (χ0v) is 24.4. The third-order valence-electron chi connectivity index (χ3n) is 6.25. The van der Waals surface area contributed by atoms with E-state index in [1.54, 1.807) is 6.07 Å². The summed E-state index contributed by atoms with van der Waals surface area (Å²) >= 11 is 0. The van der Waals surface area contributed by atoms with Crippen LogP contribution in [-0.2, 0) is 33.6 Å². The Hall–Kier alpha value is -5.02. The van der Waals surface area contributed by atoms with Gasteiger partial charge in [-0.2, -0.15) is 0 Å². The molecular formula is C28H39N5O11. The fourth-order valence-electron chi connectivity index (χ4n) is 4.03. The number of rotatable bonds is 20. The molecule has 0 saturated carbocycles. The number of hydrogen-bond acceptors (Lipinski definition) is 9. The molecule has 0 unspecified atom stereocenters. The topological polar surface area (TPSA) is 271 Å². The molecule has 0 heterocycles. The van der Waals surface area contributed by atoms with Crippen molar-refractivity contribution in [1.29, 1.82) is 0 Å². The molecule has 0 radical (unpaired) electrons. The third kappa shape index (κ3) is 13.8. The van der Waals surface area contributed by atoms with E-state index in [1.807, 2.05) is 13.8 Å². The highest BCUT2D eigenvalue weighted by Gasteiger charge is 2.31. The Morgan fingerprint density at radius 3 is 1.50 bits per heavy atom. The van der Waals surface area contributed by atoms with E-state index in [2.05, 4.69) is 21.3 Å². The lowest BCUT2D eigenvalue weighted by Gasteiger charge is -2.26. The molecule has 242 valence electrons. The van der Waals surface area contributed by atoms with Gasteiger partial charge in [0.05, 0.1) is 11.6 Å². The molecule has 1 aromatic rings. The molecule has 44 heavy (non-hydrogen) atoms. The van der Waals surface area contributed by atoms with Crippen molar-refractivity contribution >= 4 is 53.5 Å². The van der Waals surface area contributed by atoms with Gasteiger partial charge in [-0.25, -0.2) is 0 Å². The van der Waals surface area contributed by atoms with Gasteiger partial charge in [0.25, 0.3) is 5.91 Å². The van der Waals surface area contributed by atoms with Gasteiger partial charge in [0.15, 0.2) is 0 Å². The van der Waals surface area contributed by atoms with Gasteiger partial charge in [0, 0.05) is 24.9 Å². The first-order valence-electron chi connectivity index (χ1n) is 13.8. The molecule has 1 rings (SSSR count). The third-order valence-corrected chi connectivity index (χ3v) is 6.25. The van der Waals surface area contributed by atoms with Crippen molar-refractivity contribution < 1.29 is 53.7 Å². The van der Waals surface area contributed by atoms with Crippen LogP contribution >= 0.6 is 0 Å². The molecule has 0 spiro atoms. The Morgan fingerprint density at radius 1 is 0.705 bits per heavy atom. The molecule has 1 aromatic carbocycles. The molecule has 4 atom stereocenters. The van der Waals surface area contributed by atoms with Crippen LogP contribution in [0.25, 0.3) is 0 Å². The number of anilines is 1. The number of aldehydes is 1. The van der Waals surface area contributed by atoms with Gasteiger partial charge in [0.2, 0.25) is 17.7 Å². The van der Waals surface area contributed by atoms with Crippen LogP contribution in [0.4, 0.5) is 5.69 Å². The first kappa shape index (κ1) is 37.0. The fourth-order valence-corrected chi connectivity index (χ4v) is 4.03. The summed E-state index contributed by atoms with van der Waals surface area (Å²) in [5.74, 6) is -7.62. The van der Waals surface area contributed by atoms with Crippen molar-refractivity contribution in [3.05, 3.63) is 29.8 Å². The summed E-state index contributed by atoms with van der Waals surface area (Å²) in [6, 6.07) is 0.410. The summed E-state index contributed by atoms with van der Waals surface area (Å²) in [5.41, 5.74) is 5.89. The van der Waals surface area contributed by atoms with Gasteiger partial charge < -0.3 is 47.1 Å². The lowest BCUT2D eigenvalue weighted by molar-refractivity contribution is -0.140. The van der Waals surface area contributed by atoms with Gasteiger partial charge in [-0.15, -0.1) is 0 Å². The van der Waals surface area contributed by atoms with Crippen molar-refractivity contribution in [2.24, 2.45) is 5.92 Å². The fraction of sp³-hybridized carbons (Fsp3) is 0.500. The number of nitrogens with two attached hydrogens (primary N) is 1. The van der Waals surface area contributed by atoms with E-state index in [0.717, 1.165) is 0 Å². The zero-order valence-electron chi connectivity index (χ0n) is 24.4. The molecule has 0 aliphatic heterocycles. The number of aliphatic carboxylic acids is 3. The molecular weight excluding hydrogens is 582 g/mol. The minimum Gasteiger partial charge on any atom is -0.481 e. The van der Waals surface area contributed by atoms with Crippen LogP contribution in [0.2, 0.25) is 0 Å². The number of carboxylic acid groups (broad SMARTS) is 3. The predicted octanol–water partition coefficient (Wildman–Crippen LogP) is -0.339. The summed E-state index contributed by atoms with van der Waals surface area (Å²) in [6.45, 7) is 3.62. The standard InChI is InChI=1S/C28H39N5O11/c1-15(2)13-16(14-34)30-26(42)19(7-10-22(35)36)32-28(44)21(9-12-24(39)40)33-27(43)20(8-11-23(37)38)31-25(41)17-5-3-4-6-18(17)29/h3-6,14-16,19-21H,7-13,29H2,1-2H3,(H,30,42)(H,31,41)(H,32,44)(H,33,43)(H,35,36)(H,37,38)(H,39,40)/t16-,19-,20-,21-/m0/s1. The molecule has 0 bridgehead atoms. The van der Waals surface area contributed by atoms with Gasteiger partial charge >= 0.3 is 17.9 Å². The molecule has 16 heteroatoms. The number of carbonyl (C=O) groups excluding carboxylic acids is 5. The van der Waals surface area contributed by atoms with Crippen LogP contribution < -0.4 is 27.0 Å². The van der Waals surface area contributed by atoms with E-state index >= 15 is 0 Å². The maximum Gasteiger partial charge on any atom is 0.303 e. The highest BCUT2D eigenvalue weighted by molar-refractivity contribution is 6.02. The first-order valence-corrected chi connectivity index (χ1v) is 13.8. The van der Waals surface area contributed by atoms with E-state index in [0.29, 0.717) is 6.29 Å². The number of hydrogen-bond donors (Lipinski definition) is 8. The largest absolute Gasteiger partial charge is 0.481 e. The predicted molar refractivity (Wildman–Crippen MR) is 154 cm³/mol. The van der Waals surface area contributed by atoms with Crippen LogP contribution in [0.15, 0.2) is 24.3 Å². The summed E-state index contributed by atoms with van der Waals surface area (Å²) in [5, 5.41) is 36.8. The maximum absolute atomic E-state index is 13.2. The van der Waals surface area contributed by atoms with Crippen LogP contribution in [0.5, 0.6) is 0 Å². The van der Waals surface area contributed by atoms with Crippen molar-refractivity contribution in [2.75, 3.05) is 5.73 Å². The monoisotopic (exact) mass is 621 g/mol. The normalized spacial score (nSPS) is 13.4. The van der Waals surface area contributed by atoms with Crippen molar-refractivity contribution in [2.45, 2.75) is 83.0 Å². The highest BCUT2D eigenvalue weighted by Crippen LogP contribution is 2.12. The lowest BCUT2D eigenvalue weighted by Crippen LogP contribution is -2.57. The highest BCUT2D eigenvalue weighted by atomic mass is 16.4. The number of para-hydroxylation sites is 1. The second-order valence-corrected chi connectivity index (χ2v) is 10.4. The lowest BCUT2D eigenvalue weighted by atomic mass is 10.0. The Labute approximate surface area is 253 Å². The SMILES string of the molecule is CC(C)C[C@@H](C=O)NC(=O)[C@H](CCC(=O)O)NC(=O)[C@H](CCC(=O)O)NC(=O)[C@H](CCC(=O)O)NC(=O)c1ccccc1N. The van der Waals surface area contributed by atoms with E-state index in [-0.39, 0.29) is 23.6 Å². The molecule has 0 aliphatic carbocycles. The average molecular weight is 622 g/mol. The number of nitrogen functional groups attached to an aromatic ring is 1. The molecule has 0 fully saturated rings. The smallest absolute Gasteiger partial charge is 0.303 e. The minimum atomic E-state index is -1.60. The summed E-state index contributed by atoms with van der Waals surface area (Å²) in [6.07, 6.45) is -2.22. The van der Waals surface area contributed by atoms with Gasteiger partial charge in [-0.3, -0.25) is 33.6 Å². The van der Waals surface area contributed by atoms with Crippen LogP contribution in [-0.4, -0.2) is 87.3 Å². The van der Waals surface area contributed by atoms with Crippen molar-refractivity contribution in [3.63, 3.8) is 0 Å². The van der Waals surface area contributed by atoms with Crippen LogP contribution in [0.1, 0.15) is 69.2 Å². The molecule has 0 saturated heterocycles. The number of nitrogens with one attached hydrogen (secondary N) is 4. The number of amides is 4. The van der Waals surface area contributed by atoms with Gasteiger partial charge in [0.1, 0.15) is 24.4 Å². The van der Waals surface area contributed by atoms with Crippen molar-refractivity contribution in [1.82, 2.24) is 21.3 Å². The minimum absolute atomic E-state index is 0.000764. The molecule has 9 N–H and O–H groups in total. The van der Waals surface area contributed by atoms with E-state index in [9.17, 15) is 43.5 Å². The van der Waals surface area contributed by atoms with E-state index in [4.69, 9.17) is 15.9 Å². The number of carboxylic acids is 3. The Bertz CT molecular complexity index is 1220. The van der Waals surface area contributed by atoms with Crippen molar-refractivity contribution in [3.8, 4) is 0 Å². The average Bonchev–Trinajstić information content (AvgIpc) is 2.94. The number of benzene rings is 1. The number of carbonyl (C=O) groups is 8. The Morgan fingerprint density at radius 2 is 1.11 bits per heavy atom. The van der Waals surface area contributed by atoms with E-state index < -0.39 is 104 Å². The van der Waals surface area contributed by atoms with Crippen LogP contribution in [0.3, 0.4) is 0 Å². The summed E-state index contributed by atoms with van der Waals surface area (Å²) in [4.78, 5) is 97.3. The second kappa shape index (κ2) is 18.5. The molecule has 4 amide bonds. The molecule has 0 aliphatic rings. The Kier molecular flexibility index (Phi) is 15.6.